The van der Waals surface area contributed by atoms with E-state index >= 15 is 0 Å². The van der Waals surface area contributed by atoms with Crippen molar-refractivity contribution in [2.45, 2.75) is 12.4 Å². The molecule has 0 aliphatic rings. The van der Waals surface area contributed by atoms with Gasteiger partial charge in [-0.3, -0.25) is 0 Å². The molecule has 0 atom stereocenters. The van der Waals surface area contributed by atoms with Gasteiger partial charge in [0.2, 0.25) is 0 Å². The Morgan fingerprint density at radius 2 is 1.70 bits per heavy atom. The zero-order valence-electron chi connectivity index (χ0n) is 9.89. The molecule has 1 aromatic carbocycles. The molecule has 0 fully saturated rings. The summed E-state index contributed by atoms with van der Waals surface area (Å²) in [5.41, 5.74) is -1.81. The van der Waals surface area contributed by atoms with Crippen molar-refractivity contribution in [3.63, 3.8) is 0 Å². The van der Waals surface area contributed by atoms with Crippen LogP contribution in [0.2, 0.25) is 0 Å². The first-order valence-corrected chi connectivity index (χ1v) is 6.13. The first-order chi connectivity index (χ1) is 9.04. The predicted octanol–water partition coefficient (Wildman–Crippen LogP) is 3.83. The molecule has 20 heavy (non-hydrogen) atoms. The maximum atomic E-state index is 12.9. The fraction of sp³-hybridized carbons (Fsp3) is 0.455. The van der Waals surface area contributed by atoms with E-state index < -0.39 is 43.3 Å². The predicted molar refractivity (Wildman–Crippen MR) is 64.5 cm³/mol. The maximum absolute atomic E-state index is 12.9. The van der Waals surface area contributed by atoms with Crippen LogP contribution in [0.15, 0.2) is 22.7 Å². The van der Waals surface area contributed by atoms with Crippen molar-refractivity contribution in [3.8, 4) is 0 Å². The molecule has 0 heterocycles. The van der Waals surface area contributed by atoms with Gasteiger partial charge in [-0.25, -0.2) is 0 Å². The Kier molecular flexibility index (Phi) is 5.31. The standard InChI is InChI=1S/C11H10BrF6NO/c12-7-1-2-9(8(5-7)11(16,17)18)19(3-4-20)6-10(13,14)15/h1-2,5,20H,3-4,6H2. The second-order valence-electron chi connectivity index (χ2n) is 3.92. The summed E-state index contributed by atoms with van der Waals surface area (Å²) < 4.78 is 75.9. The lowest BCUT2D eigenvalue weighted by molar-refractivity contribution is -0.138. The molecule has 0 saturated heterocycles. The number of anilines is 1. The molecule has 114 valence electrons. The van der Waals surface area contributed by atoms with Crippen LogP contribution in [0.3, 0.4) is 0 Å². The van der Waals surface area contributed by atoms with Crippen molar-refractivity contribution < 1.29 is 31.4 Å². The second kappa shape index (κ2) is 6.21. The number of nitrogens with zero attached hydrogens (tertiary/aromatic N) is 1. The van der Waals surface area contributed by atoms with Crippen molar-refractivity contribution in [3.05, 3.63) is 28.2 Å². The second-order valence-corrected chi connectivity index (χ2v) is 4.84. The van der Waals surface area contributed by atoms with Gasteiger partial charge in [0.25, 0.3) is 0 Å². The van der Waals surface area contributed by atoms with Gasteiger partial charge in [-0.1, -0.05) is 15.9 Å². The van der Waals surface area contributed by atoms with Crippen LogP contribution in [0.5, 0.6) is 0 Å². The highest BCUT2D eigenvalue weighted by atomic mass is 79.9. The maximum Gasteiger partial charge on any atom is 0.418 e. The van der Waals surface area contributed by atoms with Crippen LogP contribution in [-0.2, 0) is 6.18 Å². The van der Waals surface area contributed by atoms with Crippen LogP contribution in [0.1, 0.15) is 5.56 Å². The number of alkyl halides is 6. The van der Waals surface area contributed by atoms with Crippen LogP contribution in [-0.4, -0.2) is 31.0 Å². The highest BCUT2D eigenvalue weighted by Crippen LogP contribution is 2.39. The van der Waals surface area contributed by atoms with Crippen molar-refractivity contribution in [2.24, 2.45) is 0 Å². The molecule has 1 N–H and O–H groups in total. The Morgan fingerprint density at radius 1 is 1.10 bits per heavy atom. The number of rotatable bonds is 4. The van der Waals surface area contributed by atoms with Crippen LogP contribution in [0.25, 0.3) is 0 Å². The summed E-state index contributed by atoms with van der Waals surface area (Å²) in [4.78, 5) is 0.454. The number of hydrogen-bond donors (Lipinski definition) is 1. The smallest absolute Gasteiger partial charge is 0.395 e. The molecule has 1 aromatic rings. The first-order valence-electron chi connectivity index (χ1n) is 5.34. The molecule has 9 heteroatoms. The van der Waals surface area contributed by atoms with Crippen molar-refractivity contribution in [1.82, 2.24) is 0 Å². The van der Waals surface area contributed by atoms with E-state index in [1.54, 1.807) is 0 Å². The largest absolute Gasteiger partial charge is 0.418 e. The normalized spacial score (nSPS) is 12.6. The summed E-state index contributed by atoms with van der Waals surface area (Å²) in [5.74, 6) is 0. The molecular formula is C11H10BrF6NO. The molecule has 0 radical (unpaired) electrons. The molecule has 0 bridgehead atoms. The fourth-order valence-electron chi connectivity index (χ4n) is 1.63. The number of aliphatic hydroxyl groups excluding tert-OH is 1. The van der Waals surface area contributed by atoms with Crippen molar-refractivity contribution in [2.75, 3.05) is 24.6 Å². The monoisotopic (exact) mass is 365 g/mol. The van der Waals surface area contributed by atoms with Gasteiger partial charge in [-0.2, -0.15) is 26.3 Å². The minimum absolute atomic E-state index is 0.101. The van der Waals surface area contributed by atoms with Gasteiger partial charge in [-0.15, -0.1) is 0 Å². The topological polar surface area (TPSA) is 23.5 Å². The van der Waals surface area contributed by atoms with E-state index in [-0.39, 0.29) is 4.47 Å². The summed E-state index contributed by atoms with van der Waals surface area (Å²) in [6.07, 6.45) is -9.47. The lowest BCUT2D eigenvalue weighted by Crippen LogP contribution is -2.37. The van der Waals surface area contributed by atoms with Gasteiger partial charge in [0.05, 0.1) is 12.2 Å². The summed E-state index contributed by atoms with van der Waals surface area (Å²) in [7, 11) is 0. The molecule has 0 amide bonds. The van der Waals surface area contributed by atoms with E-state index in [9.17, 15) is 26.3 Å². The first kappa shape index (κ1) is 17.1. The van der Waals surface area contributed by atoms with E-state index in [0.717, 1.165) is 6.07 Å². The summed E-state index contributed by atoms with van der Waals surface area (Å²) in [6.45, 7) is -2.81. The fourth-order valence-corrected chi connectivity index (χ4v) is 1.99. The van der Waals surface area contributed by atoms with E-state index in [1.165, 1.54) is 6.07 Å². The number of hydrogen-bond acceptors (Lipinski definition) is 2. The molecule has 0 aliphatic carbocycles. The molecule has 0 unspecified atom stereocenters. The average Bonchev–Trinajstić information content (AvgIpc) is 2.25. The highest BCUT2D eigenvalue weighted by Gasteiger charge is 2.38. The summed E-state index contributed by atoms with van der Waals surface area (Å²) in [6, 6.07) is 2.86. The minimum Gasteiger partial charge on any atom is -0.395 e. The van der Waals surface area contributed by atoms with E-state index in [4.69, 9.17) is 5.11 Å². The van der Waals surface area contributed by atoms with Crippen LogP contribution >= 0.6 is 15.9 Å². The van der Waals surface area contributed by atoms with Gasteiger partial charge < -0.3 is 10.0 Å². The number of halogens is 7. The Labute approximate surface area is 119 Å². The zero-order valence-corrected chi connectivity index (χ0v) is 11.5. The van der Waals surface area contributed by atoms with E-state index in [2.05, 4.69) is 15.9 Å². The minimum atomic E-state index is -4.79. The third-order valence-electron chi connectivity index (χ3n) is 2.34. The SMILES string of the molecule is OCCN(CC(F)(F)F)c1ccc(Br)cc1C(F)(F)F. The zero-order chi connectivity index (χ0) is 15.6. The Balaban J connectivity index is 3.26. The third kappa shape index (κ3) is 4.86. The van der Waals surface area contributed by atoms with Gasteiger partial charge in [-0.05, 0) is 18.2 Å². The number of benzene rings is 1. The van der Waals surface area contributed by atoms with E-state index in [0.29, 0.717) is 11.0 Å². The molecule has 0 spiro atoms. The van der Waals surface area contributed by atoms with Gasteiger partial charge >= 0.3 is 12.4 Å². The number of aliphatic hydroxyl groups is 1. The molecule has 0 aliphatic heterocycles. The third-order valence-corrected chi connectivity index (χ3v) is 2.84. The Bertz CT molecular complexity index is 459. The Hall–Kier alpha value is -0.960. The molecule has 2 nitrogen and oxygen atoms in total. The highest BCUT2D eigenvalue weighted by molar-refractivity contribution is 9.10. The van der Waals surface area contributed by atoms with Crippen LogP contribution in [0.4, 0.5) is 32.0 Å². The quantitative estimate of drug-likeness (QED) is 0.819. The molecule has 0 aromatic heterocycles. The van der Waals surface area contributed by atoms with Crippen LogP contribution < -0.4 is 4.90 Å². The van der Waals surface area contributed by atoms with Crippen LogP contribution in [0, 0.1) is 0 Å². The molecular weight excluding hydrogens is 356 g/mol. The van der Waals surface area contributed by atoms with Gasteiger partial charge in [0.15, 0.2) is 0 Å². The van der Waals surface area contributed by atoms with E-state index in [1.807, 2.05) is 0 Å². The van der Waals surface area contributed by atoms with Gasteiger partial charge in [0, 0.05) is 16.7 Å². The van der Waals surface area contributed by atoms with Crippen molar-refractivity contribution in [1.29, 1.82) is 0 Å². The average molecular weight is 366 g/mol. The summed E-state index contributed by atoms with van der Waals surface area (Å²) >= 11 is 2.85. The van der Waals surface area contributed by atoms with Crippen molar-refractivity contribution >= 4 is 21.6 Å². The summed E-state index contributed by atoms with van der Waals surface area (Å²) in [5, 5.41) is 8.74. The van der Waals surface area contributed by atoms with Gasteiger partial charge in [0.1, 0.15) is 6.54 Å². The molecule has 0 saturated carbocycles. The Morgan fingerprint density at radius 3 is 2.15 bits per heavy atom. The lowest BCUT2D eigenvalue weighted by Gasteiger charge is -2.28. The lowest BCUT2D eigenvalue weighted by atomic mass is 10.1. The molecule has 1 rings (SSSR count).